The summed E-state index contributed by atoms with van der Waals surface area (Å²) >= 11 is 0. The van der Waals surface area contributed by atoms with E-state index in [-0.39, 0.29) is 18.4 Å². The normalized spacial score (nSPS) is 20.8. The maximum atomic E-state index is 12.5. The van der Waals surface area contributed by atoms with E-state index in [1.165, 1.54) is 12.0 Å². The molecule has 1 unspecified atom stereocenters. The molecule has 0 radical (unpaired) electrons. The van der Waals surface area contributed by atoms with Crippen molar-refractivity contribution in [1.82, 2.24) is 9.80 Å². The first-order chi connectivity index (χ1) is 12.2. The summed E-state index contributed by atoms with van der Waals surface area (Å²) < 4.78 is 5.28. The summed E-state index contributed by atoms with van der Waals surface area (Å²) in [5, 5.41) is 0. The molecule has 5 nitrogen and oxygen atoms in total. The van der Waals surface area contributed by atoms with E-state index in [1.807, 2.05) is 17.0 Å². The second-order valence-corrected chi connectivity index (χ2v) is 7.16. The Labute approximate surface area is 149 Å². The Kier molecular flexibility index (Phi) is 5.95. The number of hydrogen-bond acceptors (Lipinski definition) is 3. The molecule has 1 aromatic carbocycles. The fraction of sp³-hybridized carbons (Fsp3) is 0.600. The van der Waals surface area contributed by atoms with Crippen LogP contribution in [0.2, 0.25) is 0 Å². The van der Waals surface area contributed by atoms with Gasteiger partial charge in [0.1, 0.15) is 5.75 Å². The molecule has 2 amide bonds. The van der Waals surface area contributed by atoms with Crippen LogP contribution < -0.4 is 4.74 Å². The zero-order chi connectivity index (χ0) is 17.6. The lowest BCUT2D eigenvalue weighted by atomic mass is 9.91. The number of methoxy groups -OCH3 is 1. The van der Waals surface area contributed by atoms with Crippen LogP contribution in [0, 0.1) is 5.92 Å². The average molecular weight is 344 g/mol. The molecule has 3 rings (SSSR count). The minimum absolute atomic E-state index is 0.112. The van der Waals surface area contributed by atoms with Gasteiger partial charge in [-0.25, -0.2) is 0 Å². The van der Waals surface area contributed by atoms with Crippen LogP contribution in [0.25, 0.3) is 0 Å². The third kappa shape index (κ3) is 4.74. The summed E-state index contributed by atoms with van der Waals surface area (Å²) in [6.07, 6.45) is 5.80. The maximum Gasteiger partial charge on any atom is 0.242 e. The second kappa shape index (κ2) is 8.37. The van der Waals surface area contributed by atoms with Crippen molar-refractivity contribution in [3.63, 3.8) is 0 Å². The molecule has 0 spiro atoms. The molecule has 2 heterocycles. The van der Waals surface area contributed by atoms with Gasteiger partial charge in [0, 0.05) is 26.1 Å². The van der Waals surface area contributed by atoms with Crippen LogP contribution in [-0.2, 0) is 16.0 Å². The molecule has 0 bridgehead atoms. The van der Waals surface area contributed by atoms with Crippen molar-refractivity contribution in [2.45, 2.75) is 38.5 Å². The number of likely N-dealkylation sites (tertiary alicyclic amines) is 2. The van der Waals surface area contributed by atoms with Crippen LogP contribution >= 0.6 is 0 Å². The number of ether oxygens (including phenoxy) is 1. The third-order valence-electron chi connectivity index (χ3n) is 5.34. The maximum absolute atomic E-state index is 12.5. The molecular formula is C20H28N2O3. The molecule has 2 aliphatic heterocycles. The molecule has 2 saturated heterocycles. The van der Waals surface area contributed by atoms with Gasteiger partial charge in [0.25, 0.3) is 0 Å². The van der Waals surface area contributed by atoms with Crippen LogP contribution in [0.15, 0.2) is 24.3 Å². The molecule has 5 heteroatoms. The fourth-order valence-corrected chi connectivity index (χ4v) is 3.86. The predicted molar refractivity (Wildman–Crippen MR) is 96.4 cm³/mol. The minimum atomic E-state index is 0.112. The number of nitrogens with zero attached hydrogens (tertiary/aromatic N) is 2. The fourth-order valence-electron chi connectivity index (χ4n) is 3.86. The molecule has 0 N–H and O–H groups in total. The Morgan fingerprint density at radius 3 is 2.92 bits per heavy atom. The lowest BCUT2D eigenvalue weighted by molar-refractivity contribution is -0.139. The summed E-state index contributed by atoms with van der Waals surface area (Å²) in [5.41, 5.74) is 1.28. The van der Waals surface area contributed by atoms with Crippen LogP contribution in [0.3, 0.4) is 0 Å². The zero-order valence-corrected chi connectivity index (χ0v) is 15.1. The summed E-state index contributed by atoms with van der Waals surface area (Å²) in [6.45, 7) is 2.65. The lowest BCUT2D eigenvalue weighted by Crippen LogP contribution is -2.45. The number of piperidine rings is 1. The van der Waals surface area contributed by atoms with E-state index < -0.39 is 0 Å². The first-order valence-electron chi connectivity index (χ1n) is 9.34. The van der Waals surface area contributed by atoms with Gasteiger partial charge in [-0.2, -0.15) is 0 Å². The van der Waals surface area contributed by atoms with Gasteiger partial charge >= 0.3 is 0 Å². The van der Waals surface area contributed by atoms with Crippen molar-refractivity contribution < 1.29 is 14.3 Å². The van der Waals surface area contributed by atoms with Crippen molar-refractivity contribution in [2.75, 3.05) is 33.3 Å². The van der Waals surface area contributed by atoms with Crippen molar-refractivity contribution in [1.29, 1.82) is 0 Å². The van der Waals surface area contributed by atoms with Crippen molar-refractivity contribution in [3.05, 3.63) is 29.8 Å². The van der Waals surface area contributed by atoms with E-state index in [0.29, 0.717) is 12.3 Å². The average Bonchev–Trinajstić information content (AvgIpc) is 3.05. The van der Waals surface area contributed by atoms with E-state index >= 15 is 0 Å². The van der Waals surface area contributed by atoms with Gasteiger partial charge in [0.15, 0.2) is 0 Å². The van der Waals surface area contributed by atoms with E-state index in [9.17, 15) is 9.59 Å². The first kappa shape index (κ1) is 17.8. The highest BCUT2D eigenvalue weighted by molar-refractivity contribution is 5.85. The Bertz CT molecular complexity index is 617. The SMILES string of the molecule is COc1cccc(CCC2CCCN(C(=O)CN3CCCC3=O)C2)c1. The second-order valence-electron chi connectivity index (χ2n) is 7.16. The summed E-state index contributed by atoms with van der Waals surface area (Å²) in [7, 11) is 1.69. The number of rotatable bonds is 6. The smallest absolute Gasteiger partial charge is 0.242 e. The van der Waals surface area contributed by atoms with Gasteiger partial charge in [-0.1, -0.05) is 12.1 Å². The Hall–Kier alpha value is -2.04. The minimum Gasteiger partial charge on any atom is -0.497 e. The molecule has 0 aliphatic carbocycles. The van der Waals surface area contributed by atoms with Gasteiger partial charge in [-0.05, 0) is 55.7 Å². The molecule has 1 aromatic rings. The highest BCUT2D eigenvalue weighted by Crippen LogP contribution is 2.23. The molecule has 136 valence electrons. The standard InChI is InChI=1S/C20H28N2O3/c1-25-18-7-2-5-16(13-18)9-10-17-6-3-11-21(14-17)20(24)15-22-12-4-8-19(22)23/h2,5,7,13,17H,3-4,6,8-12,14-15H2,1H3. The Morgan fingerprint density at radius 1 is 1.28 bits per heavy atom. The topological polar surface area (TPSA) is 49.9 Å². The number of aryl methyl sites for hydroxylation is 1. The van der Waals surface area contributed by atoms with Crippen molar-refractivity contribution in [2.24, 2.45) is 5.92 Å². The molecule has 25 heavy (non-hydrogen) atoms. The van der Waals surface area contributed by atoms with E-state index in [4.69, 9.17) is 4.74 Å². The number of carbonyl (C=O) groups excluding carboxylic acids is 2. The van der Waals surface area contributed by atoms with E-state index in [1.54, 1.807) is 12.0 Å². The number of carbonyl (C=O) groups is 2. The van der Waals surface area contributed by atoms with Crippen LogP contribution in [0.5, 0.6) is 5.75 Å². The van der Waals surface area contributed by atoms with E-state index in [2.05, 4.69) is 12.1 Å². The first-order valence-corrected chi connectivity index (χ1v) is 9.34. The lowest BCUT2D eigenvalue weighted by Gasteiger charge is -2.34. The summed E-state index contributed by atoms with van der Waals surface area (Å²) in [5.74, 6) is 1.67. The third-order valence-corrected chi connectivity index (χ3v) is 5.34. The number of hydrogen-bond donors (Lipinski definition) is 0. The zero-order valence-electron chi connectivity index (χ0n) is 15.1. The van der Waals surface area contributed by atoms with Crippen molar-refractivity contribution >= 4 is 11.8 Å². The highest BCUT2D eigenvalue weighted by Gasteiger charge is 2.28. The molecular weight excluding hydrogens is 316 g/mol. The highest BCUT2D eigenvalue weighted by atomic mass is 16.5. The summed E-state index contributed by atoms with van der Waals surface area (Å²) in [4.78, 5) is 27.9. The van der Waals surface area contributed by atoms with Gasteiger partial charge in [-0.15, -0.1) is 0 Å². The number of benzene rings is 1. The Morgan fingerprint density at radius 2 is 2.16 bits per heavy atom. The monoisotopic (exact) mass is 344 g/mol. The van der Waals surface area contributed by atoms with Gasteiger partial charge in [-0.3, -0.25) is 9.59 Å². The molecule has 0 aromatic heterocycles. The van der Waals surface area contributed by atoms with Crippen molar-refractivity contribution in [3.8, 4) is 5.75 Å². The Balaban J connectivity index is 1.48. The van der Waals surface area contributed by atoms with E-state index in [0.717, 1.165) is 51.1 Å². The molecule has 2 aliphatic rings. The van der Waals surface area contributed by atoms with Crippen LogP contribution in [0.4, 0.5) is 0 Å². The molecule has 1 atom stereocenters. The summed E-state index contributed by atoms with van der Waals surface area (Å²) in [6, 6.07) is 8.21. The predicted octanol–water partition coefficient (Wildman–Crippen LogP) is 2.49. The number of amides is 2. The van der Waals surface area contributed by atoms with Gasteiger partial charge in [0.2, 0.25) is 11.8 Å². The molecule has 2 fully saturated rings. The quantitative estimate of drug-likeness (QED) is 0.797. The largest absolute Gasteiger partial charge is 0.497 e. The van der Waals surface area contributed by atoms with Gasteiger partial charge in [0.05, 0.1) is 13.7 Å². The van der Waals surface area contributed by atoms with Gasteiger partial charge < -0.3 is 14.5 Å². The molecule has 0 saturated carbocycles. The van der Waals surface area contributed by atoms with Crippen LogP contribution in [-0.4, -0.2) is 54.9 Å². The van der Waals surface area contributed by atoms with Crippen LogP contribution in [0.1, 0.15) is 37.7 Å².